The molecule has 1 amide bonds. The number of benzene rings is 1. The quantitative estimate of drug-likeness (QED) is 0.729. The summed E-state index contributed by atoms with van der Waals surface area (Å²) in [4.78, 5) is 14.1. The van der Waals surface area contributed by atoms with Gasteiger partial charge < -0.3 is 4.90 Å². The van der Waals surface area contributed by atoms with Crippen LogP contribution in [-0.4, -0.2) is 12.5 Å². The van der Waals surface area contributed by atoms with E-state index in [0.29, 0.717) is 6.42 Å². The molecule has 1 aromatic rings. The molecule has 2 nitrogen and oxygen atoms in total. The molecule has 0 fully saturated rings. The van der Waals surface area contributed by atoms with E-state index in [0.717, 1.165) is 31.5 Å². The summed E-state index contributed by atoms with van der Waals surface area (Å²) in [5, 5.41) is 0. The Labute approximate surface area is 103 Å². The molecule has 0 bridgehead atoms. The number of carbonyl (C=O) groups is 1. The largest absolute Gasteiger partial charge is 0.312 e. The van der Waals surface area contributed by atoms with Crippen LogP contribution < -0.4 is 4.90 Å². The Morgan fingerprint density at radius 3 is 3.12 bits per heavy atom. The second-order valence-corrected chi connectivity index (χ2v) is 4.56. The first-order valence-electron chi connectivity index (χ1n) is 6.24. The fourth-order valence-corrected chi connectivity index (χ4v) is 2.46. The molecule has 0 N–H and O–H groups in total. The molecule has 1 aliphatic rings. The van der Waals surface area contributed by atoms with Crippen LogP contribution in [0.1, 0.15) is 30.4 Å². The summed E-state index contributed by atoms with van der Waals surface area (Å²) >= 11 is 0. The van der Waals surface area contributed by atoms with Crippen LogP contribution >= 0.6 is 0 Å². The number of para-hydroxylation sites is 1. The van der Waals surface area contributed by atoms with E-state index >= 15 is 0 Å². The number of aryl methyl sites for hydroxylation is 2. The van der Waals surface area contributed by atoms with E-state index < -0.39 is 0 Å². The van der Waals surface area contributed by atoms with Crippen molar-refractivity contribution in [2.75, 3.05) is 11.4 Å². The van der Waals surface area contributed by atoms with Crippen molar-refractivity contribution in [2.24, 2.45) is 0 Å². The highest BCUT2D eigenvalue weighted by atomic mass is 16.2. The Balaban J connectivity index is 2.27. The van der Waals surface area contributed by atoms with E-state index in [1.54, 1.807) is 6.08 Å². The molecular formula is C15H19NO. The second kappa shape index (κ2) is 5.17. The molecule has 17 heavy (non-hydrogen) atoms. The van der Waals surface area contributed by atoms with Crippen LogP contribution in [0.25, 0.3) is 0 Å². The van der Waals surface area contributed by atoms with E-state index in [4.69, 9.17) is 0 Å². The molecule has 0 saturated heterocycles. The summed E-state index contributed by atoms with van der Waals surface area (Å²) in [6, 6.07) is 6.29. The molecule has 2 heteroatoms. The van der Waals surface area contributed by atoms with Crippen molar-refractivity contribution in [1.82, 2.24) is 0 Å². The number of nitrogens with zero attached hydrogens (tertiary/aromatic N) is 1. The van der Waals surface area contributed by atoms with Gasteiger partial charge in [0.15, 0.2) is 0 Å². The van der Waals surface area contributed by atoms with E-state index in [2.05, 4.69) is 31.7 Å². The molecule has 2 rings (SSSR count). The van der Waals surface area contributed by atoms with Crippen LogP contribution in [0.3, 0.4) is 0 Å². The molecule has 0 aliphatic carbocycles. The molecule has 0 saturated carbocycles. The van der Waals surface area contributed by atoms with Crippen LogP contribution in [0.4, 0.5) is 5.69 Å². The summed E-state index contributed by atoms with van der Waals surface area (Å²) in [6.07, 6.45) is 5.28. The first kappa shape index (κ1) is 11.9. The van der Waals surface area contributed by atoms with Crippen LogP contribution in [0.15, 0.2) is 30.9 Å². The lowest BCUT2D eigenvalue weighted by Gasteiger charge is -2.31. The van der Waals surface area contributed by atoms with Gasteiger partial charge in [-0.3, -0.25) is 4.79 Å². The number of hydrogen-bond acceptors (Lipinski definition) is 1. The summed E-state index contributed by atoms with van der Waals surface area (Å²) in [5.74, 6) is 0.222. The van der Waals surface area contributed by atoms with Gasteiger partial charge in [0.2, 0.25) is 5.91 Å². The van der Waals surface area contributed by atoms with E-state index in [-0.39, 0.29) is 5.91 Å². The smallest absolute Gasteiger partial charge is 0.227 e. The molecule has 0 atom stereocenters. The van der Waals surface area contributed by atoms with Gasteiger partial charge in [0.25, 0.3) is 0 Å². The molecule has 1 heterocycles. The van der Waals surface area contributed by atoms with E-state index in [1.807, 2.05) is 4.90 Å². The number of carbonyl (C=O) groups excluding carboxylic acids is 1. The van der Waals surface area contributed by atoms with Crippen molar-refractivity contribution in [3.05, 3.63) is 42.0 Å². The zero-order valence-corrected chi connectivity index (χ0v) is 10.4. The number of fused-ring (bicyclic) bond motifs is 1. The van der Waals surface area contributed by atoms with Gasteiger partial charge in [-0.15, -0.1) is 6.58 Å². The molecule has 0 spiro atoms. The van der Waals surface area contributed by atoms with Gasteiger partial charge in [-0.05, 0) is 37.3 Å². The third-order valence-electron chi connectivity index (χ3n) is 3.28. The minimum atomic E-state index is 0.222. The standard InChI is InChI=1S/C15H19NO/c1-3-4-10-14(17)16-11-6-9-13-8-5-7-12(2)15(13)16/h3,5,7-8H,1,4,6,9-11H2,2H3. The molecule has 1 aromatic carbocycles. The highest BCUT2D eigenvalue weighted by Gasteiger charge is 2.23. The lowest BCUT2D eigenvalue weighted by molar-refractivity contribution is -0.118. The van der Waals surface area contributed by atoms with Gasteiger partial charge in [0.05, 0.1) is 0 Å². The number of anilines is 1. The van der Waals surface area contributed by atoms with E-state index in [9.17, 15) is 4.79 Å². The third kappa shape index (κ3) is 2.41. The van der Waals surface area contributed by atoms with Crippen molar-refractivity contribution in [3.8, 4) is 0 Å². The highest BCUT2D eigenvalue weighted by molar-refractivity contribution is 5.95. The average molecular weight is 229 g/mol. The SMILES string of the molecule is C=CCCC(=O)N1CCCc2cccc(C)c21. The lowest BCUT2D eigenvalue weighted by atomic mass is 9.98. The third-order valence-corrected chi connectivity index (χ3v) is 3.28. The zero-order valence-electron chi connectivity index (χ0n) is 10.4. The van der Waals surface area contributed by atoms with Crippen molar-refractivity contribution < 1.29 is 4.79 Å². The number of amides is 1. The predicted molar refractivity (Wildman–Crippen MR) is 71.3 cm³/mol. The predicted octanol–water partition coefficient (Wildman–Crippen LogP) is 3.24. The summed E-state index contributed by atoms with van der Waals surface area (Å²) < 4.78 is 0. The lowest BCUT2D eigenvalue weighted by Crippen LogP contribution is -2.35. The summed E-state index contributed by atoms with van der Waals surface area (Å²) in [7, 11) is 0. The normalized spacial score (nSPS) is 14.3. The van der Waals surface area contributed by atoms with Crippen LogP contribution in [0.5, 0.6) is 0 Å². The average Bonchev–Trinajstić information content (AvgIpc) is 2.35. The van der Waals surface area contributed by atoms with E-state index in [1.165, 1.54) is 11.1 Å². The van der Waals surface area contributed by atoms with Gasteiger partial charge in [-0.1, -0.05) is 24.3 Å². The monoisotopic (exact) mass is 229 g/mol. The Morgan fingerprint density at radius 1 is 1.53 bits per heavy atom. The second-order valence-electron chi connectivity index (χ2n) is 4.56. The maximum absolute atomic E-state index is 12.2. The first-order chi connectivity index (χ1) is 8.24. The molecular weight excluding hydrogens is 210 g/mol. The molecule has 0 unspecified atom stereocenters. The number of hydrogen-bond donors (Lipinski definition) is 0. The van der Waals surface area contributed by atoms with Crippen LogP contribution in [0.2, 0.25) is 0 Å². The molecule has 90 valence electrons. The Morgan fingerprint density at radius 2 is 2.35 bits per heavy atom. The molecule has 0 radical (unpaired) electrons. The van der Waals surface area contributed by atoms with Gasteiger partial charge in [-0.25, -0.2) is 0 Å². The first-order valence-corrected chi connectivity index (χ1v) is 6.24. The van der Waals surface area contributed by atoms with Gasteiger partial charge in [-0.2, -0.15) is 0 Å². The van der Waals surface area contributed by atoms with Crippen molar-refractivity contribution >= 4 is 11.6 Å². The topological polar surface area (TPSA) is 20.3 Å². The minimum Gasteiger partial charge on any atom is -0.312 e. The molecule has 1 aliphatic heterocycles. The fraction of sp³-hybridized carbons (Fsp3) is 0.400. The number of allylic oxidation sites excluding steroid dienone is 1. The van der Waals surface area contributed by atoms with Crippen LogP contribution in [0, 0.1) is 6.92 Å². The van der Waals surface area contributed by atoms with Crippen molar-refractivity contribution in [3.63, 3.8) is 0 Å². The summed E-state index contributed by atoms with van der Waals surface area (Å²) in [5.41, 5.74) is 3.66. The highest BCUT2D eigenvalue weighted by Crippen LogP contribution is 2.30. The number of rotatable bonds is 3. The maximum Gasteiger partial charge on any atom is 0.227 e. The van der Waals surface area contributed by atoms with Crippen molar-refractivity contribution in [1.29, 1.82) is 0 Å². The van der Waals surface area contributed by atoms with Crippen molar-refractivity contribution in [2.45, 2.75) is 32.6 Å². The fourth-order valence-electron chi connectivity index (χ4n) is 2.46. The van der Waals surface area contributed by atoms with Crippen LogP contribution in [-0.2, 0) is 11.2 Å². The van der Waals surface area contributed by atoms with Gasteiger partial charge in [0.1, 0.15) is 0 Å². The Hall–Kier alpha value is -1.57. The zero-order chi connectivity index (χ0) is 12.3. The van der Waals surface area contributed by atoms with Gasteiger partial charge >= 0.3 is 0 Å². The maximum atomic E-state index is 12.2. The van der Waals surface area contributed by atoms with Gasteiger partial charge in [0, 0.05) is 18.7 Å². The Bertz CT molecular complexity index is 437. The Kier molecular flexibility index (Phi) is 3.62. The molecule has 0 aromatic heterocycles. The summed E-state index contributed by atoms with van der Waals surface area (Å²) in [6.45, 7) is 6.61. The minimum absolute atomic E-state index is 0.222.